The molecular weight excluding hydrogens is 406 g/mol. The fourth-order valence-corrected chi connectivity index (χ4v) is 3.81. The zero-order valence-electron chi connectivity index (χ0n) is 19.1. The van der Waals surface area contributed by atoms with Crippen LogP contribution in [0.4, 0.5) is 0 Å². The minimum atomic E-state index is -0.702. The van der Waals surface area contributed by atoms with Crippen LogP contribution in [0.1, 0.15) is 50.4 Å². The lowest BCUT2D eigenvalue weighted by Crippen LogP contribution is -2.33. The van der Waals surface area contributed by atoms with E-state index in [2.05, 4.69) is 0 Å². The molecule has 6 heteroatoms. The van der Waals surface area contributed by atoms with Gasteiger partial charge in [-0.15, -0.1) is 0 Å². The van der Waals surface area contributed by atoms with Crippen LogP contribution >= 0.6 is 0 Å². The second-order valence-corrected chi connectivity index (χ2v) is 7.96. The van der Waals surface area contributed by atoms with Crippen molar-refractivity contribution in [1.82, 2.24) is 4.90 Å². The van der Waals surface area contributed by atoms with E-state index in [1.165, 1.54) is 4.90 Å². The van der Waals surface area contributed by atoms with Crippen LogP contribution in [0.2, 0.25) is 0 Å². The summed E-state index contributed by atoms with van der Waals surface area (Å²) in [5, 5.41) is 11.1. The summed E-state index contributed by atoms with van der Waals surface area (Å²) in [7, 11) is 0. The maximum absolute atomic E-state index is 13.0. The predicted octanol–water partition coefficient (Wildman–Crippen LogP) is 4.49. The Morgan fingerprint density at radius 1 is 1.03 bits per heavy atom. The minimum Gasteiger partial charge on any atom is -0.507 e. The monoisotopic (exact) mass is 437 g/mol. The van der Waals surface area contributed by atoms with Gasteiger partial charge in [0.05, 0.1) is 30.9 Å². The lowest BCUT2D eigenvalue weighted by Gasteiger charge is -2.25. The van der Waals surface area contributed by atoms with Crippen molar-refractivity contribution in [3.8, 4) is 5.75 Å². The molecule has 0 spiro atoms. The van der Waals surface area contributed by atoms with Crippen molar-refractivity contribution >= 4 is 17.4 Å². The van der Waals surface area contributed by atoms with E-state index in [-0.39, 0.29) is 24.0 Å². The van der Waals surface area contributed by atoms with Gasteiger partial charge in [-0.1, -0.05) is 43.3 Å². The summed E-state index contributed by atoms with van der Waals surface area (Å²) < 4.78 is 11.1. The van der Waals surface area contributed by atoms with E-state index in [0.29, 0.717) is 24.5 Å². The first kappa shape index (κ1) is 23.5. The molecule has 1 saturated heterocycles. The Kier molecular flexibility index (Phi) is 7.70. The highest BCUT2D eigenvalue weighted by Gasteiger charge is 2.45. The maximum Gasteiger partial charge on any atom is 0.295 e. The molecule has 1 N–H and O–H groups in total. The minimum absolute atomic E-state index is 0.00725. The molecule has 1 heterocycles. The van der Waals surface area contributed by atoms with Gasteiger partial charge in [0.15, 0.2) is 0 Å². The quantitative estimate of drug-likeness (QED) is 0.355. The Bertz CT molecular complexity index is 976. The number of ether oxygens (including phenoxy) is 2. The highest BCUT2D eigenvalue weighted by Crippen LogP contribution is 2.39. The third-order valence-corrected chi connectivity index (χ3v) is 5.47. The number of likely N-dealkylation sites (tertiary alicyclic amines) is 1. The van der Waals surface area contributed by atoms with Crippen LogP contribution in [0, 0.1) is 0 Å². The first-order valence-corrected chi connectivity index (χ1v) is 11.1. The number of carbonyl (C=O) groups excluding carboxylic acids is 2. The number of carbonyl (C=O) groups is 2. The zero-order valence-corrected chi connectivity index (χ0v) is 19.1. The number of hydrogen-bond acceptors (Lipinski definition) is 5. The number of Topliss-reactive ketones (excluding diaryl/α,β-unsaturated/α-hetero) is 1. The van der Waals surface area contributed by atoms with Crippen LogP contribution in [0.25, 0.3) is 5.76 Å². The van der Waals surface area contributed by atoms with E-state index in [4.69, 9.17) is 9.47 Å². The summed E-state index contributed by atoms with van der Waals surface area (Å²) in [6.45, 7) is 8.86. The van der Waals surface area contributed by atoms with E-state index in [0.717, 1.165) is 17.5 Å². The van der Waals surface area contributed by atoms with Gasteiger partial charge in [0, 0.05) is 12.1 Å². The SMILES string of the molecule is CCOc1ccc(C2/C(=C(/O)c3ccc(CC)cc3)C(=O)C(=O)N2CCOC(C)C)cc1. The molecule has 6 nitrogen and oxygen atoms in total. The first-order valence-electron chi connectivity index (χ1n) is 11.1. The average Bonchev–Trinajstić information content (AvgIpc) is 3.04. The van der Waals surface area contributed by atoms with Crippen molar-refractivity contribution in [3.05, 3.63) is 70.8 Å². The maximum atomic E-state index is 13.0. The van der Waals surface area contributed by atoms with Gasteiger partial charge in [-0.3, -0.25) is 9.59 Å². The van der Waals surface area contributed by atoms with Gasteiger partial charge in [0.25, 0.3) is 11.7 Å². The Balaban J connectivity index is 2.05. The summed E-state index contributed by atoms with van der Waals surface area (Å²) >= 11 is 0. The molecule has 1 aliphatic rings. The van der Waals surface area contributed by atoms with Crippen LogP contribution in [-0.4, -0.2) is 47.6 Å². The number of rotatable bonds is 9. The van der Waals surface area contributed by atoms with Crippen molar-refractivity contribution < 1.29 is 24.2 Å². The van der Waals surface area contributed by atoms with Gasteiger partial charge in [0.1, 0.15) is 11.5 Å². The Hall–Kier alpha value is -3.12. The summed E-state index contributed by atoms with van der Waals surface area (Å²) in [6, 6.07) is 13.9. The highest BCUT2D eigenvalue weighted by molar-refractivity contribution is 6.46. The number of aryl methyl sites for hydroxylation is 1. The van der Waals surface area contributed by atoms with Gasteiger partial charge in [-0.2, -0.15) is 0 Å². The van der Waals surface area contributed by atoms with E-state index < -0.39 is 17.7 Å². The van der Waals surface area contributed by atoms with Gasteiger partial charge < -0.3 is 19.5 Å². The molecule has 1 fully saturated rings. The van der Waals surface area contributed by atoms with E-state index in [1.54, 1.807) is 24.3 Å². The third kappa shape index (κ3) is 5.02. The molecule has 1 amide bonds. The number of amides is 1. The summed E-state index contributed by atoms with van der Waals surface area (Å²) in [6.07, 6.45) is 0.876. The van der Waals surface area contributed by atoms with Crippen LogP contribution in [0.3, 0.4) is 0 Å². The molecular formula is C26H31NO5. The number of nitrogens with zero attached hydrogens (tertiary/aromatic N) is 1. The largest absolute Gasteiger partial charge is 0.507 e. The van der Waals surface area contributed by atoms with E-state index >= 15 is 0 Å². The summed E-state index contributed by atoms with van der Waals surface area (Å²) in [5.74, 6) is -0.794. The summed E-state index contributed by atoms with van der Waals surface area (Å²) in [5.41, 5.74) is 2.45. The van der Waals surface area contributed by atoms with Crippen LogP contribution in [0.15, 0.2) is 54.1 Å². The topological polar surface area (TPSA) is 76.1 Å². The summed E-state index contributed by atoms with van der Waals surface area (Å²) in [4.78, 5) is 27.4. The standard InChI is InChI=1S/C26H31NO5/c1-5-18-7-9-20(10-8-18)24(28)22-23(19-11-13-21(14-12-19)31-6-2)27(26(30)25(22)29)15-16-32-17(3)4/h7-14,17,23,28H,5-6,15-16H2,1-4H3/b24-22-. The van der Waals surface area contributed by atoms with Crippen LogP contribution in [0.5, 0.6) is 5.75 Å². The molecule has 3 rings (SSSR count). The van der Waals surface area contributed by atoms with Gasteiger partial charge in [-0.25, -0.2) is 0 Å². The number of hydrogen-bond donors (Lipinski definition) is 1. The lowest BCUT2D eigenvalue weighted by atomic mass is 9.95. The van der Waals surface area contributed by atoms with Gasteiger partial charge in [0.2, 0.25) is 0 Å². The number of ketones is 1. The number of aliphatic hydroxyl groups excluding tert-OH is 1. The fourth-order valence-electron chi connectivity index (χ4n) is 3.81. The predicted molar refractivity (Wildman–Crippen MR) is 124 cm³/mol. The van der Waals surface area contributed by atoms with Gasteiger partial charge in [-0.05, 0) is 50.5 Å². The van der Waals surface area contributed by atoms with Crippen molar-refractivity contribution in [2.45, 2.75) is 46.3 Å². The second kappa shape index (κ2) is 10.5. The molecule has 170 valence electrons. The molecule has 0 aromatic heterocycles. The van der Waals surface area contributed by atoms with E-state index in [1.807, 2.05) is 52.0 Å². The molecule has 2 aromatic carbocycles. The van der Waals surface area contributed by atoms with Crippen LogP contribution in [-0.2, 0) is 20.7 Å². The molecule has 0 radical (unpaired) electrons. The normalized spacial score (nSPS) is 17.9. The molecule has 0 aliphatic carbocycles. The lowest BCUT2D eigenvalue weighted by molar-refractivity contribution is -0.140. The molecule has 1 unspecified atom stereocenters. The third-order valence-electron chi connectivity index (χ3n) is 5.47. The van der Waals surface area contributed by atoms with Crippen LogP contribution < -0.4 is 4.74 Å². The Morgan fingerprint density at radius 2 is 1.69 bits per heavy atom. The van der Waals surface area contributed by atoms with Crippen molar-refractivity contribution in [3.63, 3.8) is 0 Å². The number of benzene rings is 2. The molecule has 32 heavy (non-hydrogen) atoms. The van der Waals surface area contributed by atoms with Gasteiger partial charge >= 0.3 is 0 Å². The average molecular weight is 438 g/mol. The molecule has 0 saturated carbocycles. The number of aliphatic hydroxyl groups is 1. The van der Waals surface area contributed by atoms with Crippen molar-refractivity contribution in [1.29, 1.82) is 0 Å². The highest BCUT2D eigenvalue weighted by atomic mass is 16.5. The second-order valence-electron chi connectivity index (χ2n) is 7.96. The molecule has 1 aliphatic heterocycles. The molecule has 1 atom stereocenters. The zero-order chi connectivity index (χ0) is 23.3. The smallest absolute Gasteiger partial charge is 0.295 e. The first-order chi connectivity index (χ1) is 15.4. The molecule has 2 aromatic rings. The van der Waals surface area contributed by atoms with Crippen molar-refractivity contribution in [2.24, 2.45) is 0 Å². The van der Waals surface area contributed by atoms with E-state index in [9.17, 15) is 14.7 Å². The van der Waals surface area contributed by atoms with Crippen molar-refractivity contribution in [2.75, 3.05) is 19.8 Å². The molecule has 0 bridgehead atoms. The Morgan fingerprint density at radius 3 is 2.25 bits per heavy atom. The Labute approximate surface area is 189 Å². The fraction of sp³-hybridized carbons (Fsp3) is 0.385.